The molecule has 2 aliphatic rings. The van der Waals surface area contributed by atoms with Crippen LogP contribution in [0.15, 0.2) is 23.0 Å². The van der Waals surface area contributed by atoms with E-state index < -0.39 is 24.2 Å². The van der Waals surface area contributed by atoms with Gasteiger partial charge in [0.05, 0.1) is 22.7 Å². The minimum absolute atomic E-state index is 0.0866. The third-order valence-electron chi connectivity index (χ3n) is 5.57. The number of amides is 2. The maximum absolute atomic E-state index is 13.8. The molecular formula is C21H23FN4O4. The number of hydrogen-bond acceptors (Lipinski definition) is 5. The molecule has 2 saturated heterocycles. The third kappa shape index (κ3) is 3.76. The van der Waals surface area contributed by atoms with Crippen LogP contribution in [0.5, 0.6) is 0 Å². The lowest BCUT2D eigenvalue weighted by Gasteiger charge is -2.25. The summed E-state index contributed by atoms with van der Waals surface area (Å²) < 4.78 is 22.2. The molecule has 3 heterocycles. The summed E-state index contributed by atoms with van der Waals surface area (Å²) in [6.45, 7) is 1.09. The lowest BCUT2D eigenvalue weighted by atomic mass is 10.1. The second-order valence-corrected chi connectivity index (χ2v) is 7.51. The summed E-state index contributed by atoms with van der Waals surface area (Å²) in [6.07, 6.45) is -0.459. The van der Waals surface area contributed by atoms with Gasteiger partial charge in [-0.25, -0.2) is 9.18 Å². The number of imidazole rings is 1. The van der Waals surface area contributed by atoms with Crippen molar-refractivity contribution in [1.29, 1.82) is 0 Å². The molecule has 0 radical (unpaired) electrons. The van der Waals surface area contributed by atoms with E-state index in [0.29, 0.717) is 29.6 Å². The summed E-state index contributed by atoms with van der Waals surface area (Å²) >= 11 is 0. The van der Waals surface area contributed by atoms with Gasteiger partial charge in [0, 0.05) is 20.0 Å². The largest absolute Gasteiger partial charge is 0.362 e. The number of carbonyl (C=O) groups excluding carboxylic acids is 2. The van der Waals surface area contributed by atoms with Gasteiger partial charge in [-0.1, -0.05) is 17.9 Å². The Balaban J connectivity index is 1.61. The number of nitrogens with one attached hydrogen (secondary N) is 2. The number of imide groups is 1. The zero-order chi connectivity index (χ0) is 21.3. The highest BCUT2D eigenvalue weighted by atomic mass is 19.1. The number of para-hydroxylation sites is 1. The number of nitrogens with zero attached hydrogens (tertiary/aromatic N) is 2. The molecule has 1 unspecified atom stereocenters. The monoisotopic (exact) mass is 414 g/mol. The van der Waals surface area contributed by atoms with Crippen LogP contribution in [0.4, 0.5) is 4.39 Å². The molecular weight excluding hydrogens is 391 g/mol. The van der Waals surface area contributed by atoms with Crippen LogP contribution in [0.25, 0.3) is 11.0 Å². The summed E-state index contributed by atoms with van der Waals surface area (Å²) in [5, 5.41) is 5.27. The molecule has 2 fully saturated rings. The van der Waals surface area contributed by atoms with Gasteiger partial charge in [-0.3, -0.25) is 24.0 Å². The number of rotatable bonds is 3. The first-order valence-electron chi connectivity index (χ1n) is 9.96. The fourth-order valence-electron chi connectivity index (χ4n) is 4.03. The van der Waals surface area contributed by atoms with Crippen molar-refractivity contribution >= 4 is 22.8 Å². The van der Waals surface area contributed by atoms with Crippen molar-refractivity contribution in [2.45, 2.75) is 37.6 Å². The number of aromatic nitrogens is 2. The predicted octanol–water partition coefficient (Wildman–Crippen LogP) is 0.386. The molecule has 4 rings (SSSR count). The van der Waals surface area contributed by atoms with Gasteiger partial charge in [-0.2, -0.15) is 0 Å². The number of piperidine rings is 2. The molecule has 8 nitrogen and oxygen atoms in total. The SMILES string of the molecule is Cn1c(=O)n(C2CCC(=O)NC2=O)c2cccc(C#CCO[C@H]3CCNC[C@@H]3F)c21. The van der Waals surface area contributed by atoms with Crippen LogP contribution >= 0.6 is 0 Å². The Labute approximate surface area is 172 Å². The molecule has 0 spiro atoms. The topological polar surface area (TPSA) is 94.4 Å². The number of hydrogen-bond donors (Lipinski definition) is 2. The van der Waals surface area contributed by atoms with E-state index in [2.05, 4.69) is 22.5 Å². The first-order chi connectivity index (χ1) is 14.5. The fraction of sp³-hybridized carbons (Fsp3) is 0.476. The summed E-state index contributed by atoms with van der Waals surface area (Å²) in [4.78, 5) is 36.6. The predicted molar refractivity (Wildman–Crippen MR) is 108 cm³/mol. The second-order valence-electron chi connectivity index (χ2n) is 7.51. The number of fused-ring (bicyclic) bond motifs is 1. The van der Waals surface area contributed by atoms with Gasteiger partial charge in [-0.05, 0) is 31.5 Å². The van der Waals surface area contributed by atoms with E-state index in [1.165, 1.54) is 9.13 Å². The molecule has 2 amide bonds. The number of alkyl halides is 1. The second kappa shape index (κ2) is 8.42. The number of carbonyl (C=O) groups is 2. The van der Waals surface area contributed by atoms with Gasteiger partial charge in [0.15, 0.2) is 0 Å². The van der Waals surface area contributed by atoms with Crippen molar-refractivity contribution in [2.24, 2.45) is 7.05 Å². The van der Waals surface area contributed by atoms with Crippen molar-refractivity contribution < 1.29 is 18.7 Å². The first kappa shape index (κ1) is 20.3. The lowest BCUT2D eigenvalue weighted by molar-refractivity contribution is -0.135. The van der Waals surface area contributed by atoms with E-state index in [-0.39, 0.29) is 37.6 Å². The zero-order valence-corrected chi connectivity index (χ0v) is 16.6. The Morgan fingerprint density at radius 2 is 2.10 bits per heavy atom. The minimum Gasteiger partial charge on any atom is -0.362 e. The molecule has 0 aliphatic carbocycles. The van der Waals surface area contributed by atoms with Crippen LogP contribution in [0.2, 0.25) is 0 Å². The maximum atomic E-state index is 13.8. The smallest absolute Gasteiger partial charge is 0.329 e. The van der Waals surface area contributed by atoms with Gasteiger partial charge in [0.1, 0.15) is 18.8 Å². The van der Waals surface area contributed by atoms with Crippen LogP contribution < -0.4 is 16.3 Å². The van der Waals surface area contributed by atoms with Gasteiger partial charge in [-0.15, -0.1) is 0 Å². The van der Waals surface area contributed by atoms with Crippen LogP contribution in [-0.4, -0.2) is 52.9 Å². The van der Waals surface area contributed by atoms with Gasteiger partial charge in [0.2, 0.25) is 11.8 Å². The van der Waals surface area contributed by atoms with E-state index >= 15 is 0 Å². The molecule has 9 heteroatoms. The molecule has 0 saturated carbocycles. The quantitative estimate of drug-likeness (QED) is 0.560. The molecule has 158 valence electrons. The lowest BCUT2D eigenvalue weighted by Crippen LogP contribution is -2.44. The molecule has 1 aromatic carbocycles. The molecule has 2 aromatic rings. The molecule has 2 aliphatic heterocycles. The van der Waals surface area contributed by atoms with Crippen LogP contribution in [0, 0.1) is 11.8 Å². The standard InChI is InChI=1S/C21H23FN4O4/c1-25-19-13(5-3-11-30-17-9-10-23-12-14(17)22)4-2-6-15(19)26(21(25)29)16-7-8-18(27)24-20(16)28/h2,4,6,14,16-17,23H,7-12H2,1H3,(H,24,27,28)/t14-,16?,17-/m0/s1. The Bertz CT molecular complexity index is 1110. The Morgan fingerprint density at radius 3 is 2.87 bits per heavy atom. The number of ether oxygens (including phenoxy) is 1. The van der Waals surface area contributed by atoms with E-state index in [9.17, 15) is 18.8 Å². The van der Waals surface area contributed by atoms with E-state index in [4.69, 9.17) is 4.74 Å². The molecule has 1 aromatic heterocycles. The fourth-order valence-corrected chi connectivity index (χ4v) is 4.03. The zero-order valence-electron chi connectivity index (χ0n) is 16.6. The molecule has 0 bridgehead atoms. The summed E-state index contributed by atoms with van der Waals surface area (Å²) in [6, 6.07) is 4.56. The normalized spacial score (nSPS) is 24.4. The van der Waals surface area contributed by atoms with E-state index in [1.54, 1.807) is 25.2 Å². The van der Waals surface area contributed by atoms with Crippen LogP contribution in [0.1, 0.15) is 30.9 Å². The van der Waals surface area contributed by atoms with Crippen LogP contribution in [0.3, 0.4) is 0 Å². The highest BCUT2D eigenvalue weighted by Gasteiger charge is 2.31. The van der Waals surface area contributed by atoms with Crippen molar-refractivity contribution in [1.82, 2.24) is 19.8 Å². The number of benzene rings is 1. The minimum atomic E-state index is -1.05. The number of halogens is 1. The Hall–Kier alpha value is -2.96. The average molecular weight is 414 g/mol. The van der Waals surface area contributed by atoms with E-state index in [0.717, 1.165) is 0 Å². The molecule has 30 heavy (non-hydrogen) atoms. The third-order valence-corrected chi connectivity index (χ3v) is 5.57. The maximum Gasteiger partial charge on any atom is 0.329 e. The van der Waals surface area contributed by atoms with Gasteiger partial charge < -0.3 is 10.1 Å². The summed E-state index contributed by atoms with van der Waals surface area (Å²) in [5.74, 6) is 5.10. The van der Waals surface area contributed by atoms with Crippen molar-refractivity contribution in [3.05, 3.63) is 34.2 Å². The highest BCUT2D eigenvalue weighted by molar-refractivity contribution is 6.00. The van der Waals surface area contributed by atoms with Gasteiger partial charge in [0.25, 0.3) is 0 Å². The average Bonchev–Trinajstić information content (AvgIpc) is 2.98. The van der Waals surface area contributed by atoms with Crippen molar-refractivity contribution in [3.63, 3.8) is 0 Å². The van der Waals surface area contributed by atoms with E-state index in [1.807, 2.05) is 0 Å². The van der Waals surface area contributed by atoms with Crippen molar-refractivity contribution in [2.75, 3.05) is 19.7 Å². The number of aryl methyl sites for hydroxylation is 1. The summed E-state index contributed by atoms with van der Waals surface area (Å²) in [5.41, 5.74) is 1.45. The molecule has 2 N–H and O–H groups in total. The Morgan fingerprint density at radius 1 is 1.27 bits per heavy atom. The first-order valence-corrected chi connectivity index (χ1v) is 9.96. The Kier molecular flexibility index (Phi) is 5.70. The van der Waals surface area contributed by atoms with Crippen molar-refractivity contribution in [3.8, 4) is 11.8 Å². The van der Waals surface area contributed by atoms with Gasteiger partial charge >= 0.3 is 5.69 Å². The summed E-state index contributed by atoms with van der Waals surface area (Å²) in [7, 11) is 1.62. The van der Waals surface area contributed by atoms with Crippen LogP contribution in [-0.2, 0) is 21.4 Å². The molecule has 3 atom stereocenters. The highest BCUT2D eigenvalue weighted by Crippen LogP contribution is 2.24.